The van der Waals surface area contributed by atoms with Crippen molar-refractivity contribution in [3.05, 3.63) is 120 Å². The van der Waals surface area contributed by atoms with Crippen LogP contribution in [0.3, 0.4) is 0 Å². The molecule has 7 nitrogen and oxygen atoms in total. The molecule has 0 unspecified atom stereocenters. The normalized spacial score (nSPS) is 10.6. The summed E-state index contributed by atoms with van der Waals surface area (Å²) < 4.78 is 21.3. The molecule has 1 N–H and O–H groups in total. The Kier molecular flexibility index (Phi) is 7.87. The molecule has 0 spiro atoms. The van der Waals surface area contributed by atoms with Crippen molar-refractivity contribution in [1.82, 2.24) is 4.98 Å². The fraction of sp³-hybridized carbons (Fsp3) is 0.118. The Morgan fingerprint density at radius 2 is 0.707 bits per heavy atom. The Morgan fingerprint density at radius 3 is 0.976 bits per heavy atom. The SMILES string of the molecule is COc1ccc(C(=O)c2[nH]c(C(=O)c3ccc(OC)cc3)c(-c3ccc(OC)cc3)c2-c2ccc(OC)cc2)cc1. The quantitative estimate of drug-likeness (QED) is 0.193. The molecule has 0 aliphatic heterocycles. The summed E-state index contributed by atoms with van der Waals surface area (Å²) in [6.07, 6.45) is 0. The number of ether oxygens (including phenoxy) is 4. The summed E-state index contributed by atoms with van der Waals surface area (Å²) in [5.74, 6) is 2.10. The molecule has 5 aromatic rings. The van der Waals surface area contributed by atoms with E-state index in [0.717, 1.165) is 11.1 Å². The molecule has 1 heterocycles. The fourth-order valence-electron chi connectivity index (χ4n) is 4.71. The first-order valence-corrected chi connectivity index (χ1v) is 12.9. The van der Waals surface area contributed by atoms with Gasteiger partial charge in [0.25, 0.3) is 0 Å². The maximum atomic E-state index is 14.1. The molecule has 0 bridgehead atoms. The van der Waals surface area contributed by atoms with E-state index in [9.17, 15) is 9.59 Å². The molecule has 5 rings (SSSR count). The van der Waals surface area contributed by atoms with Crippen LogP contribution in [-0.2, 0) is 0 Å². The number of carbonyl (C=O) groups is 2. The molecule has 0 amide bonds. The van der Waals surface area contributed by atoms with Crippen LogP contribution in [0, 0.1) is 0 Å². The Balaban J connectivity index is 1.77. The summed E-state index contributed by atoms with van der Waals surface area (Å²) in [5, 5.41) is 0. The first kappa shape index (κ1) is 27.3. The molecule has 0 aliphatic carbocycles. The largest absolute Gasteiger partial charge is 0.497 e. The van der Waals surface area contributed by atoms with Crippen molar-refractivity contribution in [1.29, 1.82) is 0 Å². The van der Waals surface area contributed by atoms with Crippen molar-refractivity contribution < 1.29 is 28.5 Å². The lowest BCUT2D eigenvalue weighted by atomic mass is 9.91. The second kappa shape index (κ2) is 11.8. The number of benzene rings is 4. The minimum Gasteiger partial charge on any atom is -0.497 e. The highest BCUT2D eigenvalue weighted by Gasteiger charge is 2.29. The summed E-state index contributed by atoms with van der Waals surface area (Å²) in [5.41, 5.74) is 4.20. The van der Waals surface area contributed by atoms with E-state index >= 15 is 0 Å². The molecule has 0 radical (unpaired) electrons. The smallest absolute Gasteiger partial charge is 0.209 e. The Bertz CT molecular complexity index is 1540. The van der Waals surface area contributed by atoms with Gasteiger partial charge in [0.2, 0.25) is 11.6 Å². The van der Waals surface area contributed by atoms with Gasteiger partial charge in [-0.1, -0.05) is 24.3 Å². The number of nitrogens with one attached hydrogen (secondary N) is 1. The highest BCUT2D eigenvalue weighted by molar-refractivity contribution is 6.20. The van der Waals surface area contributed by atoms with Gasteiger partial charge in [-0.05, 0) is 83.9 Å². The maximum Gasteiger partial charge on any atom is 0.209 e. The predicted octanol–water partition coefficient (Wildman–Crippen LogP) is 6.85. The zero-order valence-corrected chi connectivity index (χ0v) is 23.2. The van der Waals surface area contributed by atoms with Crippen LogP contribution in [0.25, 0.3) is 22.3 Å². The minimum absolute atomic E-state index is 0.262. The number of ketones is 2. The standard InChI is InChI=1S/C34H29NO6/c1-38-25-13-5-21(6-14-25)29-30(22-7-15-26(39-2)16-8-22)32(34(37)24-11-19-28(41-4)20-12-24)35-31(29)33(36)23-9-17-27(40-3)18-10-23/h5-20,35H,1-4H3. The van der Waals surface area contributed by atoms with E-state index in [-0.39, 0.29) is 11.6 Å². The van der Waals surface area contributed by atoms with Gasteiger partial charge in [0, 0.05) is 22.3 Å². The summed E-state index contributed by atoms with van der Waals surface area (Å²) in [6.45, 7) is 0. The lowest BCUT2D eigenvalue weighted by Gasteiger charge is -2.11. The van der Waals surface area contributed by atoms with E-state index in [1.807, 2.05) is 48.5 Å². The van der Waals surface area contributed by atoms with E-state index < -0.39 is 0 Å². The third kappa shape index (κ3) is 5.43. The molecule has 0 fully saturated rings. The summed E-state index contributed by atoms with van der Waals surface area (Å²) in [7, 11) is 6.33. The highest BCUT2D eigenvalue weighted by Crippen LogP contribution is 2.41. The molecule has 1 aromatic heterocycles. The van der Waals surface area contributed by atoms with Gasteiger partial charge in [-0.3, -0.25) is 9.59 Å². The number of hydrogen-bond acceptors (Lipinski definition) is 6. The summed E-state index contributed by atoms with van der Waals surface area (Å²) in [4.78, 5) is 31.4. The third-order valence-corrected chi connectivity index (χ3v) is 6.92. The predicted molar refractivity (Wildman–Crippen MR) is 158 cm³/mol. The maximum absolute atomic E-state index is 14.1. The lowest BCUT2D eigenvalue weighted by Crippen LogP contribution is -2.06. The average molecular weight is 548 g/mol. The molecular weight excluding hydrogens is 518 g/mol. The Hall–Kier alpha value is -5.30. The second-order valence-electron chi connectivity index (χ2n) is 9.20. The first-order valence-electron chi connectivity index (χ1n) is 12.9. The molecule has 7 heteroatoms. The molecule has 41 heavy (non-hydrogen) atoms. The number of aromatic nitrogens is 1. The number of rotatable bonds is 10. The zero-order valence-electron chi connectivity index (χ0n) is 23.2. The number of aromatic amines is 1. The second-order valence-corrected chi connectivity index (χ2v) is 9.20. The van der Waals surface area contributed by atoms with Gasteiger partial charge < -0.3 is 23.9 Å². The Morgan fingerprint density at radius 1 is 0.439 bits per heavy atom. The van der Waals surface area contributed by atoms with E-state index in [2.05, 4.69) is 4.98 Å². The highest BCUT2D eigenvalue weighted by atomic mass is 16.5. The van der Waals surface area contributed by atoms with Gasteiger partial charge in [-0.15, -0.1) is 0 Å². The lowest BCUT2D eigenvalue weighted by molar-refractivity contribution is 0.103. The first-order chi connectivity index (χ1) is 20.0. The van der Waals surface area contributed by atoms with Crippen LogP contribution in [0.2, 0.25) is 0 Å². The van der Waals surface area contributed by atoms with Gasteiger partial charge >= 0.3 is 0 Å². The average Bonchev–Trinajstić information content (AvgIpc) is 3.44. The van der Waals surface area contributed by atoms with Crippen LogP contribution < -0.4 is 18.9 Å². The number of carbonyl (C=O) groups excluding carboxylic acids is 2. The van der Waals surface area contributed by atoms with Crippen LogP contribution in [-0.4, -0.2) is 45.0 Å². The van der Waals surface area contributed by atoms with Crippen LogP contribution in [0.1, 0.15) is 32.1 Å². The molecule has 206 valence electrons. The van der Waals surface area contributed by atoms with Crippen LogP contribution in [0.4, 0.5) is 0 Å². The molecule has 0 aliphatic rings. The third-order valence-electron chi connectivity index (χ3n) is 6.92. The number of H-pyrrole nitrogens is 1. The van der Waals surface area contributed by atoms with Crippen LogP contribution in [0.5, 0.6) is 23.0 Å². The topological polar surface area (TPSA) is 86.9 Å². The minimum atomic E-state index is -0.262. The summed E-state index contributed by atoms with van der Waals surface area (Å²) >= 11 is 0. The van der Waals surface area contributed by atoms with Crippen molar-refractivity contribution >= 4 is 11.6 Å². The molecule has 0 saturated heterocycles. The molecule has 0 atom stereocenters. The zero-order chi connectivity index (χ0) is 28.9. The van der Waals surface area contributed by atoms with E-state index in [4.69, 9.17) is 18.9 Å². The molecular formula is C34H29NO6. The number of methoxy groups -OCH3 is 4. The summed E-state index contributed by atoms with van der Waals surface area (Å²) in [6, 6.07) is 28.6. The van der Waals surface area contributed by atoms with E-state index in [0.29, 0.717) is 56.6 Å². The molecule has 4 aromatic carbocycles. The number of hydrogen-bond donors (Lipinski definition) is 1. The van der Waals surface area contributed by atoms with Gasteiger partial charge in [-0.2, -0.15) is 0 Å². The fourth-order valence-corrected chi connectivity index (χ4v) is 4.71. The Labute approximate surface area is 238 Å². The van der Waals surface area contributed by atoms with Gasteiger partial charge in [-0.25, -0.2) is 0 Å². The van der Waals surface area contributed by atoms with Crippen molar-refractivity contribution in [2.24, 2.45) is 0 Å². The van der Waals surface area contributed by atoms with Gasteiger partial charge in [0.05, 0.1) is 39.8 Å². The monoisotopic (exact) mass is 547 g/mol. The van der Waals surface area contributed by atoms with Crippen molar-refractivity contribution in [2.75, 3.05) is 28.4 Å². The van der Waals surface area contributed by atoms with Gasteiger partial charge in [0.1, 0.15) is 23.0 Å². The van der Waals surface area contributed by atoms with Crippen LogP contribution >= 0.6 is 0 Å². The molecule has 0 saturated carbocycles. The van der Waals surface area contributed by atoms with Gasteiger partial charge in [0.15, 0.2) is 0 Å². The van der Waals surface area contributed by atoms with Crippen molar-refractivity contribution in [2.45, 2.75) is 0 Å². The van der Waals surface area contributed by atoms with Crippen molar-refractivity contribution in [3.63, 3.8) is 0 Å². The van der Waals surface area contributed by atoms with Crippen molar-refractivity contribution in [3.8, 4) is 45.3 Å². The van der Waals surface area contributed by atoms with E-state index in [1.54, 1.807) is 77.0 Å². The van der Waals surface area contributed by atoms with Crippen LogP contribution in [0.15, 0.2) is 97.1 Å². The van der Waals surface area contributed by atoms with E-state index in [1.165, 1.54) is 0 Å².